The third-order valence-electron chi connectivity index (χ3n) is 5.82. The van der Waals surface area contributed by atoms with Crippen molar-refractivity contribution >= 4 is 15.9 Å². The number of amides is 1. The zero-order valence-corrected chi connectivity index (χ0v) is 19.9. The lowest BCUT2D eigenvalue weighted by Gasteiger charge is -2.31. The Balaban J connectivity index is 1.72. The molecule has 3 rings (SSSR count). The molecule has 0 radical (unpaired) electrons. The fourth-order valence-electron chi connectivity index (χ4n) is 3.61. The number of carbonyl (C=O) groups excluding carboxylic acids is 1. The molecule has 1 atom stereocenters. The average Bonchev–Trinajstić information content (AvgIpc) is 2.73. The number of nitrogens with zero attached hydrogens (tertiary/aromatic N) is 2. The van der Waals surface area contributed by atoms with Gasteiger partial charge < -0.3 is 10.2 Å². The van der Waals surface area contributed by atoms with Crippen LogP contribution >= 0.6 is 0 Å². The number of nitrogens with one attached hydrogen (secondary N) is 1. The van der Waals surface area contributed by atoms with Crippen LogP contribution in [0.4, 0.5) is 0 Å². The highest BCUT2D eigenvalue weighted by atomic mass is 32.2. The second-order valence-electron chi connectivity index (χ2n) is 9.30. The largest absolute Gasteiger partial charge is 0.346 e. The van der Waals surface area contributed by atoms with Crippen LogP contribution < -0.4 is 5.32 Å². The van der Waals surface area contributed by atoms with Gasteiger partial charge in [-0.05, 0) is 48.7 Å². The fourth-order valence-corrected chi connectivity index (χ4v) is 5.08. The van der Waals surface area contributed by atoms with Crippen LogP contribution in [-0.2, 0) is 15.4 Å². The minimum absolute atomic E-state index is 0.0702. The van der Waals surface area contributed by atoms with Gasteiger partial charge in [0.2, 0.25) is 10.0 Å². The fraction of sp³-hybridized carbons (Fsp3) is 0.458. The normalized spacial score (nSPS) is 17.3. The summed E-state index contributed by atoms with van der Waals surface area (Å²) in [4.78, 5) is 15.1. The summed E-state index contributed by atoms with van der Waals surface area (Å²) in [6.07, 6.45) is 0. The molecule has 1 N–H and O–H groups in total. The van der Waals surface area contributed by atoms with E-state index in [9.17, 15) is 13.2 Å². The monoisotopic (exact) mass is 443 g/mol. The van der Waals surface area contributed by atoms with Gasteiger partial charge in [0.25, 0.3) is 5.91 Å². The predicted molar refractivity (Wildman–Crippen MR) is 124 cm³/mol. The van der Waals surface area contributed by atoms with Crippen LogP contribution in [0.5, 0.6) is 0 Å². The Labute approximate surface area is 186 Å². The maximum Gasteiger partial charge on any atom is 0.251 e. The van der Waals surface area contributed by atoms with E-state index in [-0.39, 0.29) is 22.3 Å². The Kier molecular flexibility index (Phi) is 6.88. The SMILES string of the molecule is C[C@H](NC(=O)c1cccc(S(=O)(=O)N2CCN(C)CC2)c1)c1ccc(C(C)(C)C)cc1. The summed E-state index contributed by atoms with van der Waals surface area (Å²) in [5.41, 5.74) is 2.65. The molecule has 1 amide bonds. The Hall–Kier alpha value is -2.22. The van der Waals surface area contributed by atoms with E-state index in [1.54, 1.807) is 18.2 Å². The average molecular weight is 444 g/mol. The number of benzene rings is 2. The molecule has 1 aliphatic rings. The highest BCUT2D eigenvalue weighted by Crippen LogP contribution is 2.24. The number of carbonyl (C=O) groups is 1. The van der Waals surface area contributed by atoms with Crippen LogP contribution in [0.2, 0.25) is 0 Å². The number of likely N-dealkylation sites (N-methyl/N-ethyl adjacent to an activating group) is 1. The van der Waals surface area contributed by atoms with Crippen LogP contribution in [0.25, 0.3) is 0 Å². The number of hydrogen-bond acceptors (Lipinski definition) is 4. The summed E-state index contributed by atoms with van der Waals surface area (Å²) in [6.45, 7) is 10.7. The molecule has 6 nitrogen and oxygen atoms in total. The molecule has 0 spiro atoms. The molecule has 31 heavy (non-hydrogen) atoms. The third kappa shape index (κ3) is 5.53. The first-order valence-electron chi connectivity index (χ1n) is 10.7. The van der Waals surface area contributed by atoms with Crippen molar-refractivity contribution in [3.8, 4) is 0 Å². The Morgan fingerprint density at radius 2 is 1.61 bits per heavy atom. The van der Waals surface area contributed by atoms with Gasteiger partial charge in [-0.25, -0.2) is 8.42 Å². The van der Waals surface area contributed by atoms with Crippen LogP contribution in [-0.4, -0.2) is 56.8 Å². The molecular formula is C24H33N3O3S. The molecule has 2 aromatic carbocycles. The predicted octanol–water partition coefficient (Wildman–Crippen LogP) is 3.41. The molecule has 0 aliphatic carbocycles. The number of hydrogen-bond donors (Lipinski definition) is 1. The summed E-state index contributed by atoms with van der Waals surface area (Å²) in [6, 6.07) is 14.3. The first-order chi connectivity index (χ1) is 14.5. The second-order valence-corrected chi connectivity index (χ2v) is 11.2. The first kappa shape index (κ1) is 23.4. The van der Waals surface area contributed by atoms with E-state index in [0.717, 1.165) is 5.56 Å². The molecule has 2 aromatic rings. The van der Waals surface area contributed by atoms with Gasteiger partial charge in [-0.2, -0.15) is 4.31 Å². The van der Waals surface area contributed by atoms with Gasteiger partial charge in [-0.15, -0.1) is 0 Å². The van der Waals surface area contributed by atoms with E-state index in [1.165, 1.54) is 15.9 Å². The molecule has 0 aromatic heterocycles. The number of piperazine rings is 1. The van der Waals surface area contributed by atoms with Gasteiger partial charge in [0.1, 0.15) is 0 Å². The van der Waals surface area contributed by atoms with E-state index < -0.39 is 10.0 Å². The van der Waals surface area contributed by atoms with Crippen LogP contribution in [0.3, 0.4) is 0 Å². The van der Waals surface area contributed by atoms with Crippen LogP contribution in [0, 0.1) is 0 Å². The topological polar surface area (TPSA) is 69.7 Å². The van der Waals surface area contributed by atoms with Crippen molar-refractivity contribution in [3.05, 3.63) is 65.2 Å². The summed E-state index contributed by atoms with van der Waals surface area (Å²) in [7, 11) is -1.64. The lowest BCUT2D eigenvalue weighted by atomic mass is 9.86. The first-order valence-corrected chi connectivity index (χ1v) is 12.1. The molecule has 168 valence electrons. The zero-order chi connectivity index (χ0) is 22.8. The maximum atomic E-state index is 13.0. The minimum atomic E-state index is -3.61. The Bertz CT molecular complexity index is 1020. The van der Waals surface area contributed by atoms with Crippen molar-refractivity contribution < 1.29 is 13.2 Å². The summed E-state index contributed by atoms with van der Waals surface area (Å²) >= 11 is 0. The third-order valence-corrected chi connectivity index (χ3v) is 7.72. The molecule has 0 saturated carbocycles. The number of rotatable bonds is 5. The summed E-state index contributed by atoms with van der Waals surface area (Å²) in [5.74, 6) is -0.289. The lowest BCUT2D eigenvalue weighted by molar-refractivity contribution is 0.0939. The lowest BCUT2D eigenvalue weighted by Crippen LogP contribution is -2.47. The van der Waals surface area contributed by atoms with Crippen LogP contribution in [0.15, 0.2) is 53.4 Å². The standard InChI is InChI=1S/C24H33N3O3S/c1-18(19-9-11-21(12-10-19)24(2,3)4)25-23(28)20-7-6-8-22(17-20)31(29,30)27-15-13-26(5)14-16-27/h6-12,17-18H,13-16H2,1-5H3,(H,25,28)/t18-/m0/s1. The molecule has 7 heteroatoms. The molecule has 1 saturated heterocycles. The quantitative estimate of drug-likeness (QED) is 0.769. The van der Waals surface area contributed by atoms with Crippen molar-refractivity contribution in [3.63, 3.8) is 0 Å². The summed E-state index contributed by atoms with van der Waals surface area (Å²) < 4.78 is 27.5. The summed E-state index contributed by atoms with van der Waals surface area (Å²) in [5, 5.41) is 2.98. The Morgan fingerprint density at radius 3 is 2.19 bits per heavy atom. The van der Waals surface area contributed by atoms with Gasteiger partial charge >= 0.3 is 0 Å². The van der Waals surface area contributed by atoms with Crippen molar-refractivity contribution in [2.75, 3.05) is 33.2 Å². The molecule has 1 aliphatic heterocycles. The van der Waals surface area contributed by atoms with Crippen molar-refractivity contribution in [2.24, 2.45) is 0 Å². The Morgan fingerprint density at radius 1 is 1.00 bits per heavy atom. The van der Waals surface area contributed by atoms with Gasteiger partial charge in [0.15, 0.2) is 0 Å². The van der Waals surface area contributed by atoms with Crippen molar-refractivity contribution in [1.82, 2.24) is 14.5 Å². The van der Waals surface area contributed by atoms with Gasteiger partial charge in [-0.3, -0.25) is 4.79 Å². The van der Waals surface area contributed by atoms with Gasteiger partial charge in [0, 0.05) is 31.7 Å². The highest BCUT2D eigenvalue weighted by Gasteiger charge is 2.28. The molecule has 0 bridgehead atoms. The van der Waals surface area contributed by atoms with E-state index in [2.05, 4.69) is 43.1 Å². The highest BCUT2D eigenvalue weighted by molar-refractivity contribution is 7.89. The van der Waals surface area contributed by atoms with Gasteiger partial charge in [-0.1, -0.05) is 51.1 Å². The molecule has 0 unspecified atom stereocenters. The number of sulfonamides is 1. The van der Waals surface area contributed by atoms with E-state index in [4.69, 9.17) is 0 Å². The van der Waals surface area contributed by atoms with Crippen LogP contribution in [0.1, 0.15) is 55.2 Å². The van der Waals surface area contributed by atoms with E-state index in [0.29, 0.717) is 31.7 Å². The molecular weight excluding hydrogens is 410 g/mol. The zero-order valence-electron chi connectivity index (χ0n) is 19.1. The smallest absolute Gasteiger partial charge is 0.251 e. The van der Waals surface area contributed by atoms with Gasteiger partial charge in [0.05, 0.1) is 10.9 Å². The minimum Gasteiger partial charge on any atom is -0.346 e. The van der Waals surface area contributed by atoms with Crippen molar-refractivity contribution in [1.29, 1.82) is 0 Å². The molecule has 1 fully saturated rings. The van der Waals surface area contributed by atoms with Crippen molar-refractivity contribution in [2.45, 2.75) is 44.0 Å². The second kappa shape index (κ2) is 9.10. The van der Waals surface area contributed by atoms with E-state index >= 15 is 0 Å². The molecule has 1 heterocycles. The maximum absolute atomic E-state index is 13.0. The van der Waals surface area contributed by atoms with E-state index in [1.807, 2.05) is 26.1 Å².